The Kier molecular flexibility index (Phi) is 4.71. The number of benzene rings is 2. The lowest BCUT2D eigenvalue weighted by Gasteiger charge is -2.10. The smallest absolute Gasteiger partial charge is 0.119 e. The molecule has 0 aliphatic rings. The SMILES string of the molecule is CC(C)CO/N=C(\Cn1ccnc1)c1ccc2ccccc2c1. The molecule has 0 N–H and O–H groups in total. The lowest BCUT2D eigenvalue weighted by Crippen LogP contribution is -2.12. The molecule has 0 spiro atoms. The third-order valence-electron chi connectivity index (χ3n) is 3.56. The fourth-order valence-corrected chi connectivity index (χ4v) is 2.36. The summed E-state index contributed by atoms with van der Waals surface area (Å²) in [5.74, 6) is 0.449. The summed E-state index contributed by atoms with van der Waals surface area (Å²) in [5, 5.41) is 6.81. The van der Waals surface area contributed by atoms with Crippen LogP contribution in [0.1, 0.15) is 19.4 Å². The summed E-state index contributed by atoms with van der Waals surface area (Å²) < 4.78 is 1.99. The van der Waals surface area contributed by atoms with E-state index in [0.717, 1.165) is 11.3 Å². The minimum atomic E-state index is 0.449. The number of aromatic nitrogens is 2. The average Bonchev–Trinajstić information content (AvgIpc) is 3.06. The van der Waals surface area contributed by atoms with E-state index >= 15 is 0 Å². The van der Waals surface area contributed by atoms with E-state index in [1.807, 2.05) is 22.9 Å². The van der Waals surface area contributed by atoms with E-state index in [-0.39, 0.29) is 0 Å². The molecule has 0 amide bonds. The summed E-state index contributed by atoms with van der Waals surface area (Å²) in [6.45, 7) is 5.47. The summed E-state index contributed by atoms with van der Waals surface area (Å²) in [6, 6.07) is 14.7. The number of rotatable bonds is 6. The highest BCUT2D eigenvalue weighted by atomic mass is 16.6. The second-order valence-corrected chi connectivity index (χ2v) is 6.02. The van der Waals surface area contributed by atoms with Gasteiger partial charge >= 0.3 is 0 Å². The Bertz CT molecular complexity index is 791. The minimum absolute atomic E-state index is 0.449. The molecule has 0 saturated carbocycles. The number of oxime groups is 1. The van der Waals surface area contributed by atoms with Gasteiger partial charge in [-0.3, -0.25) is 0 Å². The van der Waals surface area contributed by atoms with Crippen molar-refractivity contribution in [1.29, 1.82) is 0 Å². The van der Waals surface area contributed by atoms with Crippen LogP contribution in [0, 0.1) is 5.92 Å². The molecule has 3 rings (SSSR count). The molecule has 0 fully saturated rings. The Morgan fingerprint density at radius 1 is 1.17 bits per heavy atom. The van der Waals surface area contributed by atoms with Crippen molar-refractivity contribution in [3.05, 3.63) is 66.7 Å². The molecule has 4 heteroatoms. The van der Waals surface area contributed by atoms with Gasteiger partial charge in [-0.1, -0.05) is 55.4 Å². The molecule has 118 valence electrons. The molecule has 0 radical (unpaired) electrons. The molecule has 0 unspecified atom stereocenters. The van der Waals surface area contributed by atoms with Crippen LogP contribution in [-0.4, -0.2) is 21.9 Å². The summed E-state index contributed by atoms with van der Waals surface area (Å²) >= 11 is 0. The highest BCUT2D eigenvalue weighted by Crippen LogP contribution is 2.17. The maximum absolute atomic E-state index is 5.53. The van der Waals surface area contributed by atoms with Gasteiger partial charge in [0.15, 0.2) is 0 Å². The van der Waals surface area contributed by atoms with Gasteiger partial charge in [0.25, 0.3) is 0 Å². The Labute approximate surface area is 136 Å². The van der Waals surface area contributed by atoms with Gasteiger partial charge < -0.3 is 9.40 Å². The zero-order valence-corrected chi connectivity index (χ0v) is 13.5. The lowest BCUT2D eigenvalue weighted by atomic mass is 10.0. The lowest BCUT2D eigenvalue weighted by molar-refractivity contribution is 0.118. The van der Waals surface area contributed by atoms with Crippen LogP contribution in [0.3, 0.4) is 0 Å². The van der Waals surface area contributed by atoms with Crippen LogP contribution in [0.4, 0.5) is 0 Å². The molecule has 1 aromatic heterocycles. The molecule has 0 atom stereocenters. The van der Waals surface area contributed by atoms with Crippen molar-refractivity contribution in [2.24, 2.45) is 11.1 Å². The minimum Gasteiger partial charge on any atom is -0.395 e. The van der Waals surface area contributed by atoms with Gasteiger partial charge in [0, 0.05) is 18.0 Å². The van der Waals surface area contributed by atoms with Crippen molar-refractivity contribution in [1.82, 2.24) is 9.55 Å². The van der Waals surface area contributed by atoms with E-state index in [0.29, 0.717) is 19.1 Å². The van der Waals surface area contributed by atoms with Crippen LogP contribution in [-0.2, 0) is 11.4 Å². The number of imidazole rings is 1. The zero-order valence-electron chi connectivity index (χ0n) is 13.5. The predicted octanol–water partition coefficient (Wildman–Crippen LogP) is 4.11. The zero-order chi connectivity index (χ0) is 16.1. The van der Waals surface area contributed by atoms with Crippen molar-refractivity contribution >= 4 is 16.5 Å². The van der Waals surface area contributed by atoms with E-state index in [1.165, 1.54) is 10.8 Å². The average molecular weight is 307 g/mol. The van der Waals surface area contributed by atoms with Gasteiger partial charge in [0.2, 0.25) is 0 Å². The van der Waals surface area contributed by atoms with Crippen LogP contribution in [0.5, 0.6) is 0 Å². The molecule has 4 nitrogen and oxygen atoms in total. The Hall–Kier alpha value is -2.62. The monoisotopic (exact) mass is 307 g/mol. The van der Waals surface area contributed by atoms with Gasteiger partial charge in [-0.15, -0.1) is 0 Å². The summed E-state index contributed by atoms with van der Waals surface area (Å²) in [5.41, 5.74) is 1.97. The largest absolute Gasteiger partial charge is 0.395 e. The number of fused-ring (bicyclic) bond motifs is 1. The molecule has 2 aromatic carbocycles. The molecule has 3 aromatic rings. The molecule has 23 heavy (non-hydrogen) atoms. The first-order valence-electron chi connectivity index (χ1n) is 7.86. The second-order valence-electron chi connectivity index (χ2n) is 6.02. The summed E-state index contributed by atoms with van der Waals surface area (Å²) in [4.78, 5) is 9.62. The van der Waals surface area contributed by atoms with Crippen LogP contribution in [0.2, 0.25) is 0 Å². The molecule has 0 bridgehead atoms. The van der Waals surface area contributed by atoms with Gasteiger partial charge in [-0.05, 0) is 22.8 Å². The first-order chi connectivity index (χ1) is 11.2. The first kappa shape index (κ1) is 15.3. The molecule has 1 heterocycles. The van der Waals surface area contributed by atoms with Crippen LogP contribution in [0.15, 0.2) is 66.3 Å². The fourth-order valence-electron chi connectivity index (χ4n) is 2.36. The van der Waals surface area contributed by atoms with Gasteiger partial charge in [-0.2, -0.15) is 0 Å². The van der Waals surface area contributed by atoms with Gasteiger partial charge in [-0.25, -0.2) is 4.98 Å². The standard InChI is InChI=1S/C19H21N3O/c1-15(2)13-23-21-19(12-22-10-9-20-14-22)18-8-7-16-5-3-4-6-17(16)11-18/h3-11,14-15H,12-13H2,1-2H3/b21-19+. The van der Waals surface area contributed by atoms with E-state index in [1.54, 1.807) is 12.5 Å². The van der Waals surface area contributed by atoms with Crippen molar-refractivity contribution in [3.63, 3.8) is 0 Å². The maximum Gasteiger partial charge on any atom is 0.119 e. The maximum atomic E-state index is 5.53. The van der Waals surface area contributed by atoms with Crippen molar-refractivity contribution in [2.45, 2.75) is 20.4 Å². The Morgan fingerprint density at radius 2 is 2.00 bits per heavy atom. The molecular weight excluding hydrogens is 286 g/mol. The van der Waals surface area contributed by atoms with Crippen LogP contribution in [0.25, 0.3) is 10.8 Å². The highest BCUT2D eigenvalue weighted by Gasteiger charge is 2.07. The number of hydrogen-bond donors (Lipinski definition) is 0. The fraction of sp³-hybridized carbons (Fsp3) is 0.263. The first-order valence-corrected chi connectivity index (χ1v) is 7.86. The molecule has 0 saturated heterocycles. The van der Waals surface area contributed by atoms with E-state index in [9.17, 15) is 0 Å². The van der Waals surface area contributed by atoms with E-state index in [2.05, 4.69) is 54.3 Å². The topological polar surface area (TPSA) is 39.4 Å². The third kappa shape index (κ3) is 3.97. The highest BCUT2D eigenvalue weighted by molar-refractivity contribution is 6.03. The van der Waals surface area contributed by atoms with E-state index in [4.69, 9.17) is 4.84 Å². The van der Waals surface area contributed by atoms with Crippen molar-refractivity contribution in [3.8, 4) is 0 Å². The third-order valence-corrected chi connectivity index (χ3v) is 3.56. The van der Waals surface area contributed by atoms with Crippen LogP contribution >= 0.6 is 0 Å². The second kappa shape index (κ2) is 7.09. The summed E-state index contributed by atoms with van der Waals surface area (Å²) in [7, 11) is 0. The molecular formula is C19H21N3O. The van der Waals surface area contributed by atoms with E-state index < -0.39 is 0 Å². The Balaban J connectivity index is 1.91. The predicted molar refractivity (Wildman–Crippen MR) is 93.5 cm³/mol. The number of hydrogen-bond acceptors (Lipinski definition) is 3. The van der Waals surface area contributed by atoms with Gasteiger partial charge in [0.05, 0.1) is 12.9 Å². The Morgan fingerprint density at radius 3 is 2.74 bits per heavy atom. The molecule has 0 aliphatic carbocycles. The quantitative estimate of drug-likeness (QED) is 0.508. The number of nitrogens with zero attached hydrogens (tertiary/aromatic N) is 3. The summed E-state index contributed by atoms with van der Waals surface area (Å²) in [6.07, 6.45) is 5.49. The van der Waals surface area contributed by atoms with Crippen molar-refractivity contribution < 1.29 is 4.84 Å². The van der Waals surface area contributed by atoms with Gasteiger partial charge in [0.1, 0.15) is 12.3 Å². The van der Waals surface area contributed by atoms with Crippen molar-refractivity contribution in [2.75, 3.05) is 6.61 Å². The van der Waals surface area contributed by atoms with Crippen LogP contribution < -0.4 is 0 Å². The molecule has 0 aliphatic heterocycles. The normalized spacial score (nSPS) is 12.0.